The minimum atomic E-state index is -0.295. The van der Waals surface area contributed by atoms with Crippen LogP contribution in [0.2, 0.25) is 5.02 Å². The molecular formula is C36H44ClN5O4. The van der Waals surface area contributed by atoms with Crippen molar-refractivity contribution in [2.45, 2.75) is 50.6 Å². The number of nitrogens with two attached hydrogens (primary N) is 1. The molecular weight excluding hydrogens is 602 g/mol. The van der Waals surface area contributed by atoms with Crippen LogP contribution in [0.4, 0.5) is 0 Å². The molecule has 2 amide bonds. The Morgan fingerprint density at radius 3 is 2.61 bits per heavy atom. The number of nitrogens with one attached hydrogen (secondary N) is 1. The molecule has 1 aromatic heterocycles. The van der Waals surface area contributed by atoms with Crippen LogP contribution < -0.4 is 11.1 Å². The van der Waals surface area contributed by atoms with Crippen LogP contribution in [0, 0.1) is 0 Å². The molecule has 4 aromatic rings. The van der Waals surface area contributed by atoms with Gasteiger partial charge >= 0.3 is 0 Å². The molecule has 5 rings (SSSR count). The fraction of sp³-hybridized carbons (Fsp3) is 0.417. The Labute approximate surface area is 276 Å². The van der Waals surface area contributed by atoms with Gasteiger partial charge in [0.05, 0.1) is 17.6 Å². The van der Waals surface area contributed by atoms with Crippen molar-refractivity contribution in [3.8, 4) is 11.1 Å². The highest BCUT2D eigenvalue weighted by molar-refractivity contribution is 6.33. The topological polar surface area (TPSA) is 112 Å². The molecule has 0 bridgehead atoms. The quantitative estimate of drug-likeness (QED) is 0.177. The monoisotopic (exact) mass is 645 g/mol. The van der Waals surface area contributed by atoms with Gasteiger partial charge in [-0.3, -0.25) is 9.59 Å². The molecule has 2 heterocycles. The Bertz CT molecular complexity index is 1620. The van der Waals surface area contributed by atoms with Gasteiger partial charge in [-0.25, -0.2) is 4.98 Å². The molecule has 0 radical (unpaired) electrons. The molecule has 0 spiro atoms. The van der Waals surface area contributed by atoms with E-state index in [4.69, 9.17) is 31.8 Å². The average molecular weight is 646 g/mol. The van der Waals surface area contributed by atoms with Crippen molar-refractivity contribution in [3.63, 3.8) is 0 Å². The lowest BCUT2D eigenvalue weighted by molar-refractivity contribution is -0.132. The van der Waals surface area contributed by atoms with E-state index < -0.39 is 0 Å². The summed E-state index contributed by atoms with van der Waals surface area (Å²) in [7, 11) is 3.32. The maximum atomic E-state index is 13.4. The van der Waals surface area contributed by atoms with Crippen LogP contribution in [0.1, 0.15) is 53.3 Å². The maximum absolute atomic E-state index is 13.4. The summed E-state index contributed by atoms with van der Waals surface area (Å²) in [6, 6.07) is 21.3. The van der Waals surface area contributed by atoms with Gasteiger partial charge in [0, 0.05) is 81.5 Å². The Balaban J connectivity index is 1.17. The van der Waals surface area contributed by atoms with E-state index in [-0.39, 0.29) is 23.8 Å². The molecule has 0 aliphatic carbocycles. The number of carbonyl (C=O) groups excluding carboxylic acids is 2. The van der Waals surface area contributed by atoms with E-state index in [2.05, 4.69) is 22.0 Å². The number of benzene rings is 3. The summed E-state index contributed by atoms with van der Waals surface area (Å²) in [5, 5.41) is 3.30. The number of fused-ring (bicyclic) bond motifs is 1. The number of halogens is 1. The average Bonchev–Trinajstić information content (AvgIpc) is 3.44. The number of aromatic nitrogens is 2. The molecule has 10 heteroatoms. The van der Waals surface area contributed by atoms with Gasteiger partial charge < -0.3 is 30.0 Å². The van der Waals surface area contributed by atoms with Crippen LogP contribution >= 0.6 is 11.6 Å². The highest BCUT2D eigenvalue weighted by Crippen LogP contribution is 2.31. The summed E-state index contributed by atoms with van der Waals surface area (Å²) < 4.78 is 12.6. The minimum absolute atomic E-state index is 0.0917. The van der Waals surface area contributed by atoms with Crippen molar-refractivity contribution < 1.29 is 19.1 Å². The molecule has 46 heavy (non-hydrogen) atoms. The number of methoxy groups -OCH3 is 2. The Morgan fingerprint density at radius 1 is 1.07 bits per heavy atom. The van der Waals surface area contributed by atoms with Gasteiger partial charge in [-0.15, -0.1) is 0 Å². The Morgan fingerprint density at radius 2 is 1.85 bits per heavy atom. The summed E-state index contributed by atoms with van der Waals surface area (Å²) in [6.45, 7) is 3.81. The van der Waals surface area contributed by atoms with E-state index in [0.717, 1.165) is 65.9 Å². The maximum Gasteiger partial charge on any atom is 0.251 e. The zero-order valence-electron chi connectivity index (χ0n) is 26.7. The number of carbonyl (C=O) groups is 2. The summed E-state index contributed by atoms with van der Waals surface area (Å²) in [5.74, 6) is 1.14. The van der Waals surface area contributed by atoms with Crippen LogP contribution in [0.3, 0.4) is 0 Å². The fourth-order valence-corrected chi connectivity index (χ4v) is 6.52. The Hall–Kier alpha value is -3.76. The first kappa shape index (κ1) is 33.6. The lowest BCUT2D eigenvalue weighted by Gasteiger charge is -2.33. The van der Waals surface area contributed by atoms with E-state index >= 15 is 0 Å². The summed E-state index contributed by atoms with van der Waals surface area (Å²) in [6.07, 6.45) is 3.73. The van der Waals surface area contributed by atoms with Crippen molar-refractivity contribution >= 4 is 34.4 Å². The van der Waals surface area contributed by atoms with E-state index in [1.165, 1.54) is 0 Å². The summed E-state index contributed by atoms with van der Waals surface area (Å²) >= 11 is 6.55. The second-order valence-corrected chi connectivity index (χ2v) is 12.4. The zero-order valence-corrected chi connectivity index (χ0v) is 27.5. The third-order valence-corrected chi connectivity index (χ3v) is 8.89. The van der Waals surface area contributed by atoms with Crippen LogP contribution in [0.15, 0.2) is 66.7 Å². The van der Waals surface area contributed by atoms with Gasteiger partial charge in [0.15, 0.2) is 0 Å². The Kier molecular flexibility index (Phi) is 11.8. The molecule has 1 aliphatic rings. The minimum Gasteiger partial charge on any atom is -0.385 e. The molecule has 2 atom stereocenters. The summed E-state index contributed by atoms with van der Waals surface area (Å²) in [5.41, 5.74) is 12.0. The predicted octanol–water partition coefficient (Wildman–Crippen LogP) is 5.44. The van der Waals surface area contributed by atoms with Crippen LogP contribution in [-0.2, 0) is 27.2 Å². The second kappa shape index (κ2) is 16.2. The molecule has 244 valence electrons. The van der Waals surface area contributed by atoms with Crippen LogP contribution in [-0.4, -0.2) is 79.4 Å². The van der Waals surface area contributed by atoms with Crippen molar-refractivity contribution in [2.24, 2.45) is 5.73 Å². The van der Waals surface area contributed by atoms with Gasteiger partial charge in [0.1, 0.15) is 5.82 Å². The first-order valence-electron chi connectivity index (χ1n) is 16.0. The number of nitrogens with zero attached hydrogens (tertiary/aromatic N) is 3. The van der Waals surface area contributed by atoms with E-state index in [0.29, 0.717) is 49.7 Å². The molecule has 0 saturated carbocycles. The third-order valence-electron chi connectivity index (χ3n) is 8.58. The van der Waals surface area contributed by atoms with Crippen molar-refractivity contribution in [2.75, 3.05) is 47.1 Å². The SMILES string of the molecule is COCCCn1c([C@@H]2CCCN(C(=O)C[C@H](N)Cc3ccc(-c4ccc(C(=O)NCCOC)cc4Cl)cc3)C2)nc2ccccc21. The predicted molar refractivity (Wildman–Crippen MR) is 182 cm³/mol. The normalized spacial score (nSPS) is 15.7. The molecule has 1 saturated heterocycles. The summed E-state index contributed by atoms with van der Waals surface area (Å²) in [4.78, 5) is 32.8. The number of imidazole rings is 1. The number of para-hydroxylation sites is 2. The molecule has 3 aromatic carbocycles. The zero-order chi connectivity index (χ0) is 32.5. The van der Waals surface area contributed by atoms with E-state index in [1.54, 1.807) is 26.4 Å². The van der Waals surface area contributed by atoms with Crippen LogP contribution in [0.5, 0.6) is 0 Å². The van der Waals surface area contributed by atoms with Gasteiger partial charge in [0.25, 0.3) is 5.91 Å². The van der Waals surface area contributed by atoms with Crippen LogP contribution in [0.25, 0.3) is 22.2 Å². The van der Waals surface area contributed by atoms with Gasteiger partial charge in [-0.05, 0) is 61.1 Å². The second-order valence-electron chi connectivity index (χ2n) is 11.9. The smallest absolute Gasteiger partial charge is 0.251 e. The van der Waals surface area contributed by atoms with E-state index in [9.17, 15) is 9.59 Å². The molecule has 1 aliphatic heterocycles. The number of rotatable bonds is 14. The van der Waals surface area contributed by atoms with Crippen molar-refractivity contribution in [1.29, 1.82) is 0 Å². The number of hydrogen-bond acceptors (Lipinski definition) is 6. The number of amides is 2. The van der Waals surface area contributed by atoms with E-state index in [1.807, 2.05) is 47.4 Å². The van der Waals surface area contributed by atoms with Gasteiger partial charge in [-0.1, -0.05) is 54.1 Å². The number of ether oxygens (including phenoxy) is 2. The number of piperidine rings is 1. The standard InChI is InChI=1S/C36H44ClN5O4/c1-45-19-6-18-42-33-9-4-3-8-32(33)40-35(42)28-7-5-17-41(24-28)34(43)23-29(38)21-25-10-12-26(13-11-25)30-15-14-27(22-31(30)37)36(44)39-16-20-46-2/h3-4,8-15,22,28-29H,5-7,16-21,23-24,38H2,1-2H3,(H,39,44)/t28-,29-/m1/s1. The molecule has 1 fully saturated rings. The van der Waals surface area contributed by atoms with Gasteiger partial charge in [0.2, 0.25) is 5.91 Å². The third kappa shape index (κ3) is 8.33. The lowest BCUT2D eigenvalue weighted by atomic mass is 9.95. The first-order chi connectivity index (χ1) is 22.4. The molecule has 0 unspecified atom stereocenters. The fourth-order valence-electron chi connectivity index (χ4n) is 6.23. The first-order valence-corrected chi connectivity index (χ1v) is 16.4. The lowest BCUT2D eigenvalue weighted by Crippen LogP contribution is -2.42. The number of hydrogen-bond donors (Lipinski definition) is 2. The highest BCUT2D eigenvalue weighted by atomic mass is 35.5. The van der Waals surface area contributed by atoms with Crippen molar-refractivity contribution in [1.82, 2.24) is 19.8 Å². The largest absolute Gasteiger partial charge is 0.385 e. The van der Waals surface area contributed by atoms with Gasteiger partial charge in [-0.2, -0.15) is 0 Å². The van der Waals surface area contributed by atoms with Crippen molar-refractivity contribution in [3.05, 3.63) is 88.7 Å². The highest BCUT2D eigenvalue weighted by Gasteiger charge is 2.29. The molecule has 3 N–H and O–H groups in total. The molecule has 9 nitrogen and oxygen atoms in total. The number of aryl methyl sites for hydroxylation is 1. The number of likely N-dealkylation sites (tertiary alicyclic amines) is 1.